The van der Waals surface area contributed by atoms with Crippen LogP contribution < -0.4 is 9.47 Å². The number of carbonyl (C=O) groups is 1. The van der Waals surface area contributed by atoms with Gasteiger partial charge in [-0.15, -0.1) is 0 Å². The average Bonchev–Trinajstić information content (AvgIpc) is 3.09. The second-order valence-electron chi connectivity index (χ2n) is 6.40. The summed E-state index contributed by atoms with van der Waals surface area (Å²) in [7, 11) is 0. The molecule has 1 N–H and O–H groups in total. The number of rotatable bonds is 2. The minimum absolute atomic E-state index is 0.111. The van der Waals surface area contributed by atoms with Crippen LogP contribution in [0.1, 0.15) is 28.8 Å². The maximum atomic E-state index is 13.4. The summed E-state index contributed by atoms with van der Waals surface area (Å²) in [4.78, 5) is 14.4. The lowest BCUT2D eigenvalue weighted by atomic mass is 9.84. The SMILES string of the molecule is O=C(c1ccc2c(c1)OCO2)N1CCC(O)(c2cccc(F)c2)CC1. The molecular formula is C19H18FNO4. The summed E-state index contributed by atoms with van der Waals surface area (Å²) in [5.41, 5.74) is -0.0172. The number of hydrogen-bond acceptors (Lipinski definition) is 4. The standard InChI is InChI=1S/C19H18FNO4/c20-15-3-1-2-14(11-15)19(23)6-8-21(9-7-19)18(22)13-4-5-16-17(10-13)25-12-24-16/h1-5,10-11,23H,6-9,12H2. The van der Waals surface area contributed by atoms with E-state index in [0.29, 0.717) is 48.6 Å². The predicted molar refractivity (Wildman–Crippen MR) is 88.0 cm³/mol. The van der Waals surface area contributed by atoms with Gasteiger partial charge in [-0.2, -0.15) is 0 Å². The first-order chi connectivity index (χ1) is 12.0. The van der Waals surface area contributed by atoms with Crippen molar-refractivity contribution in [3.05, 3.63) is 59.4 Å². The Hall–Kier alpha value is -2.60. The fourth-order valence-corrected chi connectivity index (χ4v) is 3.36. The van der Waals surface area contributed by atoms with Crippen LogP contribution in [0.3, 0.4) is 0 Å². The number of halogens is 1. The number of carbonyl (C=O) groups excluding carboxylic acids is 1. The number of hydrogen-bond donors (Lipinski definition) is 1. The third kappa shape index (κ3) is 2.93. The van der Waals surface area contributed by atoms with E-state index in [1.165, 1.54) is 12.1 Å². The van der Waals surface area contributed by atoms with Gasteiger partial charge in [-0.25, -0.2) is 4.39 Å². The first-order valence-corrected chi connectivity index (χ1v) is 8.22. The van der Waals surface area contributed by atoms with Crippen molar-refractivity contribution >= 4 is 5.91 Å². The molecule has 0 unspecified atom stereocenters. The highest BCUT2D eigenvalue weighted by atomic mass is 19.1. The minimum atomic E-state index is -1.10. The Labute approximate surface area is 144 Å². The zero-order chi connectivity index (χ0) is 17.4. The van der Waals surface area contributed by atoms with Crippen LogP contribution in [-0.2, 0) is 5.60 Å². The topological polar surface area (TPSA) is 59.0 Å². The minimum Gasteiger partial charge on any atom is -0.454 e. The van der Waals surface area contributed by atoms with E-state index in [0.717, 1.165) is 0 Å². The second-order valence-corrected chi connectivity index (χ2v) is 6.40. The first kappa shape index (κ1) is 15.9. The number of likely N-dealkylation sites (tertiary alicyclic amines) is 1. The molecule has 2 aliphatic rings. The van der Waals surface area contributed by atoms with Crippen LogP contribution >= 0.6 is 0 Å². The molecule has 0 aromatic heterocycles. The highest BCUT2D eigenvalue weighted by Crippen LogP contribution is 2.35. The van der Waals surface area contributed by atoms with E-state index in [9.17, 15) is 14.3 Å². The molecule has 25 heavy (non-hydrogen) atoms. The van der Waals surface area contributed by atoms with Crippen molar-refractivity contribution in [2.24, 2.45) is 0 Å². The molecule has 0 bridgehead atoms. The Bertz CT molecular complexity index is 815. The number of ether oxygens (including phenoxy) is 2. The lowest BCUT2D eigenvalue weighted by molar-refractivity contribution is -0.0213. The molecule has 0 spiro atoms. The normalized spacial score (nSPS) is 18.2. The summed E-state index contributed by atoms with van der Waals surface area (Å²) in [6, 6.07) is 11.1. The summed E-state index contributed by atoms with van der Waals surface area (Å²) in [5.74, 6) is 0.721. The molecule has 6 heteroatoms. The highest BCUT2D eigenvalue weighted by Gasteiger charge is 2.36. The molecule has 2 heterocycles. The predicted octanol–water partition coefficient (Wildman–Crippen LogP) is 2.68. The number of benzene rings is 2. The molecular weight excluding hydrogens is 325 g/mol. The van der Waals surface area contributed by atoms with Crippen molar-refractivity contribution < 1.29 is 23.8 Å². The molecule has 2 aromatic carbocycles. The van der Waals surface area contributed by atoms with Crippen LogP contribution in [0.15, 0.2) is 42.5 Å². The molecule has 2 aliphatic heterocycles. The van der Waals surface area contributed by atoms with Gasteiger partial charge in [-0.3, -0.25) is 4.79 Å². The number of nitrogens with zero attached hydrogens (tertiary/aromatic N) is 1. The molecule has 0 radical (unpaired) electrons. The summed E-state index contributed by atoms with van der Waals surface area (Å²) in [6.45, 7) is 0.970. The van der Waals surface area contributed by atoms with E-state index in [2.05, 4.69) is 0 Å². The lowest BCUT2D eigenvalue weighted by Crippen LogP contribution is -2.45. The quantitative estimate of drug-likeness (QED) is 0.911. The van der Waals surface area contributed by atoms with Gasteiger partial charge in [0.25, 0.3) is 5.91 Å². The van der Waals surface area contributed by atoms with Crippen molar-refractivity contribution in [3.8, 4) is 11.5 Å². The summed E-state index contributed by atoms with van der Waals surface area (Å²) >= 11 is 0. The van der Waals surface area contributed by atoms with Crippen LogP contribution in [-0.4, -0.2) is 35.8 Å². The first-order valence-electron chi connectivity index (χ1n) is 8.22. The van der Waals surface area contributed by atoms with Gasteiger partial charge in [-0.05, 0) is 48.7 Å². The maximum Gasteiger partial charge on any atom is 0.253 e. The molecule has 4 rings (SSSR count). The van der Waals surface area contributed by atoms with Gasteiger partial charge in [0.2, 0.25) is 6.79 Å². The third-order valence-electron chi connectivity index (χ3n) is 4.86. The monoisotopic (exact) mass is 343 g/mol. The molecule has 0 saturated carbocycles. The zero-order valence-electron chi connectivity index (χ0n) is 13.6. The molecule has 0 aliphatic carbocycles. The average molecular weight is 343 g/mol. The smallest absolute Gasteiger partial charge is 0.253 e. The maximum absolute atomic E-state index is 13.4. The fraction of sp³-hybridized carbons (Fsp3) is 0.316. The van der Waals surface area contributed by atoms with Gasteiger partial charge in [0.1, 0.15) is 5.82 Å². The van der Waals surface area contributed by atoms with Crippen molar-refractivity contribution in [1.82, 2.24) is 4.90 Å². The molecule has 1 fully saturated rings. The van der Waals surface area contributed by atoms with Crippen molar-refractivity contribution in [3.63, 3.8) is 0 Å². The third-order valence-corrected chi connectivity index (χ3v) is 4.86. The Morgan fingerprint density at radius 2 is 1.84 bits per heavy atom. The van der Waals surface area contributed by atoms with Crippen LogP contribution in [0, 0.1) is 5.82 Å². The van der Waals surface area contributed by atoms with E-state index >= 15 is 0 Å². The van der Waals surface area contributed by atoms with Gasteiger partial charge >= 0.3 is 0 Å². The Morgan fingerprint density at radius 1 is 1.08 bits per heavy atom. The van der Waals surface area contributed by atoms with Crippen LogP contribution in [0.25, 0.3) is 0 Å². The molecule has 130 valence electrons. The number of amides is 1. The van der Waals surface area contributed by atoms with Gasteiger partial charge in [0, 0.05) is 18.7 Å². The van der Waals surface area contributed by atoms with E-state index < -0.39 is 5.60 Å². The molecule has 0 atom stereocenters. The fourth-order valence-electron chi connectivity index (χ4n) is 3.36. The van der Waals surface area contributed by atoms with Gasteiger partial charge in [0.15, 0.2) is 11.5 Å². The highest BCUT2D eigenvalue weighted by molar-refractivity contribution is 5.95. The molecule has 1 saturated heterocycles. The van der Waals surface area contributed by atoms with Crippen LogP contribution in [0.5, 0.6) is 11.5 Å². The lowest BCUT2D eigenvalue weighted by Gasteiger charge is -2.38. The van der Waals surface area contributed by atoms with E-state index in [1.54, 1.807) is 35.2 Å². The largest absolute Gasteiger partial charge is 0.454 e. The van der Waals surface area contributed by atoms with Crippen LogP contribution in [0.4, 0.5) is 4.39 Å². The summed E-state index contributed by atoms with van der Waals surface area (Å²) < 4.78 is 24.0. The van der Waals surface area contributed by atoms with E-state index in [-0.39, 0.29) is 18.5 Å². The second kappa shape index (κ2) is 6.04. The number of piperidine rings is 1. The zero-order valence-corrected chi connectivity index (χ0v) is 13.6. The van der Waals surface area contributed by atoms with Crippen molar-refractivity contribution in [2.75, 3.05) is 19.9 Å². The Morgan fingerprint density at radius 3 is 2.60 bits per heavy atom. The van der Waals surface area contributed by atoms with Gasteiger partial charge in [-0.1, -0.05) is 12.1 Å². The van der Waals surface area contributed by atoms with Crippen molar-refractivity contribution in [1.29, 1.82) is 0 Å². The van der Waals surface area contributed by atoms with Crippen molar-refractivity contribution in [2.45, 2.75) is 18.4 Å². The molecule has 2 aromatic rings. The van der Waals surface area contributed by atoms with Crippen LogP contribution in [0.2, 0.25) is 0 Å². The van der Waals surface area contributed by atoms with Gasteiger partial charge < -0.3 is 19.5 Å². The van der Waals surface area contributed by atoms with E-state index in [4.69, 9.17) is 9.47 Å². The summed E-state index contributed by atoms with van der Waals surface area (Å²) in [5, 5.41) is 10.8. The molecule has 5 nitrogen and oxygen atoms in total. The molecule has 1 amide bonds. The van der Waals surface area contributed by atoms with Gasteiger partial charge in [0.05, 0.1) is 5.60 Å². The van der Waals surface area contributed by atoms with E-state index in [1.807, 2.05) is 0 Å². The number of aliphatic hydroxyl groups is 1. The number of fused-ring (bicyclic) bond motifs is 1. The summed E-state index contributed by atoms with van der Waals surface area (Å²) in [6.07, 6.45) is 0.736. The Balaban J connectivity index is 1.47. The Kier molecular flexibility index (Phi) is 3.84.